The first-order chi connectivity index (χ1) is 10.8. The number of piperazine rings is 1. The fraction of sp³-hybridized carbons (Fsp3) is 0.688. The maximum Gasteiger partial charge on any atom is 0.177 e. The second-order valence-corrected chi connectivity index (χ2v) is 6.78. The Balaban J connectivity index is 1.43. The molecule has 2 aliphatic rings. The predicted molar refractivity (Wildman–Crippen MR) is 86.0 cm³/mol. The molecule has 2 aromatic heterocycles. The Kier molecular flexibility index (Phi) is 3.70. The highest BCUT2D eigenvalue weighted by Gasteiger charge is 2.27. The third-order valence-electron chi connectivity index (χ3n) is 5.14. The van der Waals surface area contributed by atoms with Gasteiger partial charge in [-0.05, 0) is 37.8 Å². The van der Waals surface area contributed by atoms with Crippen molar-refractivity contribution in [2.45, 2.75) is 38.6 Å². The van der Waals surface area contributed by atoms with Crippen LogP contribution in [-0.2, 0) is 0 Å². The minimum absolute atomic E-state index is 0.497. The first-order valence-corrected chi connectivity index (χ1v) is 8.45. The topological polar surface area (TPSA) is 49.6 Å². The number of aromatic nitrogens is 4. The van der Waals surface area contributed by atoms with Crippen LogP contribution in [0.4, 0.5) is 5.82 Å². The van der Waals surface area contributed by atoms with E-state index in [-0.39, 0.29) is 0 Å². The molecule has 6 nitrogen and oxygen atoms in total. The normalized spacial score (nSPS) is 24.4. The summed E-state index contributed by atoms with van der Waals surface area (Å²) in [6, 6.07) is 4.55. The number of rotatable bonds is 3. The van der Waals surface area contributed by atoms with Crippen LogP contribution < -0.4 is 4.90 Å². The molecule has 0 radical (unpaired) electrons. The van der Waals surface area contributed by atoms with Crippen LogP contribution in [0.1, 0.15) is 32.6 Å². The van der Waals surface area contributed by atoms with Crippen molar-refractivity contribution in [2.24, 2.45) is 5.92 Å². The van der Waals surface area contributed by atoms with Gasteiger partial charge < -0.3 is 4.90 Å². The van der Waals surface area contributed by atoms with Gasteiger partial charge in [-0.3, -0.25) is 4.90 Å². The van der Waals surface area contributed by atoms with E-state index in [1.807, 2.05) is 6.07 Å². The molecule has 6 heteroatoms. The SMILES string of the molecule is C[C@@H]1CN(CC2CCCC2)CCN1c1ccc2nncn2n1. The summed E-state index contributed by atoms with van der Waals surface area (Å²) in [5.41, 5.74) is 0.802. The minimum Gasteiger partial charge on any atom is -0.350 e. The summed E-state index contributed by atoms with van der Waals surface area (Å²) in [4.78, 5) is 5.05. The Morgan fingerprint density at radius 1 is 1.18 bits per heavy atom. The van der Waals surface area contributed by atoms with Crippen molar-refractivity contribution in [2.75, 3.05) is 31.1 Å². The van der Waals surface area contributed by atoms with Gasteiger partial charge in [-0.2, -0.15) is 4.52 Å². The van der Waals surface area contributed by atoms with Gasteiger partial charge in [0.1, 0.15) is 12.1 Å². The molecule has 0 bridgehead atoms. The molecule has 1 saturated carbocycles. The van der Waals surface area contributed by atoms with Crippen LogP contribution >= 0.6 is 0 Å². The average molecular weight is 300 g/mol. The third-order valence-corrected chi connectivity index (χ3v) is 5.14. The van der Waals surface area contributed by atoms with E-state index in [0.717, 1.165) is 37.0 Å². The van der Waals surface area contributed by atoms with Gasteiger partial charge in [0.25, 0.3) is 0 Å². The molecule has 1 atom stereocenters. The Bertz CT molecular complexity index is 632. The molecule has 4 rings (SSSR count). The molecular weight excluding hydrogens is 276 g/mol. The van der Waals surface area contributed by atoms with Gasteiger partial charge in [-0.25, -0.2) is 0 Å². The highest BCUT2D eigenvalue weighted by atomic mass is 15.4. The molecule has 0 spiro atoms. The molecule has 0 amide bonds. The Hall–Kier alpha value is -1.69. The van der Waals surface area contributed by atoms with Crippen LogP contribution in [-0.4, -0.2) is 56.9 Å². The Morgan fingerprint density at radius 2 is 2.05 bits per heavy atom. The van der Waals surface area contributed by atoms with Crippen molar-refractivity contribution in [3.63, 3.8) is 0 Å². The molecular formula is C16H24N6. The van der Waals surface area contributed by atoms with E-state index in [1.165, 1.54) is 32.2 Å². The van der Waals surface area contributed by atoms with E-state index >= 15 is 0 Å². The zero-order chi connectivity index (χ0) is 14.9. The molecule has 2 aromatic rings. The molecule has 3 heterocycles. The maximum absolute atomic E-state index is 4.64. The Morgan fingerprint density at radius 3 is 2.86 bits per heavy atom. The zero-order valence-corrected chi connectivity index (χ0v) is 13.2. The van der Waals surface area contributed by atoms with E-state index in [4.69, 9.17) is 0 Å². The van der Waals surface area contributed by atoms with Crippen LogP contribution in [0.25, 0.3) is 5.65 Å². The molecule has 22 heavy (non-hydrogen) atoms. The number of hydrogen-bond donors (Lipinski definition) is 0. The van der Waals surface area contributed by atoms with E-state index in [9.17, 15) is 0 Å². The van der Waals surface area contributed by atoms with Crippen LogP contribution in [0.15, 0.2) is 18.5 Å². The predicted octanol–water partition coefficient (Wildman–Crippen LogP) is 1.82. The summed E-state index contributed by atoms with van der Waals surface area (Å²) < 4.78 is 1.76. The highest BCUT2D eigenvalue weighted by Crippen LogP contribution is 2.27. The van der Waals surface area contributed by atoms with E-state index in [0.29, 0.717) is 6.04 Å². The summed E-state index contributed by atoms with van der Waals surface area (Å²) in [6.45, 7) is 6.92. The molecule has 1 aliphatic heterocycles. The standard InChI is InChI=1S/C16H24N6/c1-13-10-20(11-14-4-2-3-5-14)8-9-21(13)16-7-6-15-18-17-12-22(15)19-16/h6-7,12-14H,2-5,8-11H2,1H3/t13-/m1/s1. The molecule has 0 aromatic carbocycles. The van der Waals surface area contributed by atoms with E-state index in [2.05, 4.69) is 38.1 Å². The monoisotopic (exact) mass is 300 g/mol. The lowest BCUT2D eigenvalue weighted by molar-refractivity contribution is 0.196. The first kappa shape index (κ1) is 13.9. The van der Waals surface area contributed by atoms with Crippen molar-refractivity contribution >= 4 is 11.5 Å². The zero-order valence-electron chi connectivity index (χ0n) is 13.2. The Labute approximate surface area is 131 Å². The van der Waals surface area contributed by atoms with Gasteiger partial charge in [-0.1, -0.05) is 12.8 Å². The van der Waals surface area contributed by atoms with E-state index in [1.54, 1.807) is 10.8 Å². The smallest absolute Gasteiger partial charge is 0.177 e. The summed E-state index contributed by atoms with van der Waals surface area (Å²) in [7, 11) is 0. The highest BCUT2D eigenvalue weighted by molar-refractivity contribution is 5.46. The largest absolute Gasteiger partial charge is 0.350 e. The third kappa shape index (κ3) is 2.67. The van der Waals surface area contributed by atoms with Gasteiger partial charge in [0.05, 0.1) is 0 Å². The lowest BCUT2D eigenvalue weighted by Gasteiger charge is -2.41. The fourth-order valence-electron chi connectivity index (χ4n) is 3.97. The second kappa shape index (κ2) is 5.83. The quantitative estimate of drug-likeness (QED) is 0.865. The summed E-state index contributed by atoms with van der Waals surface area (Å²) in [5, 5.41) is 12.6. The number of fused-ring (bicyclic) bond motifs is 1. The van der Waals surface area contributed by atoms with Crippen LogP contribution in [0.5, 0.6) is 0 Å². The molecule has 1 aliphatic carbocycles. The molecule has 118 valence electrons. The molecule has 1 saturated heterocycles. The first-order valence-electron chi connectivity index (χ1n) is 8.45. The van der Waals surface area contributed by atoms with E-state index < -0.39 is 0 Å². The molecule has 0 N–H and O–H groups in total. The maximum atomic E-state index is 4.64. The van der Waals surface area contributed by atoms with Crippen molar-refractivity contribution in [3.8, 4) is 0 Å². The van der Waals surface area contributed by atoms with Crippen molar-refractivity contribution in [1.82, 2.24) is 24.7 Å². The molecule has 2 fully saturated rings. The van der Waals surface area contributed by atoms with Crippen molar-refractivity contribution < 1.29 is 0 Å². The summed E-state index contributed by atoms with van der Waals surface area (Å²) >= 11 is 0. The van der Waals surface area contributed by atoms with Gasteiger partial charge in [0.15, 0.2) is 5.65 Å². The van der Waals surface area contributed by atoms with Gasteiger partial charge >= 0.3 is 0 Å². The summed E-state index contributed by atoms with van der Waals surface area (Å²) in [5.74, 6) is 1.96. The van der Waals surface area contributed by atoms with Crippen molar-refractivity contribution in [3.05, 3.63) is 18.5 Å². The average Bonchev–Trinajstić information content (AvgIpc) is 3.17. The lowest BCUT2D eigenvalue weighted by atomic mass is 10.1. The van der Waals surface area contributed by atoms with Crippen LogP contribution in [0.3, 0.4) is 0 Å². The number of hydrogen-bond acceptors (Lipinski definition) is 5. The second-order valence-electron chi connectivity index (χ2n) is 6.78. The minimum atomic E-state index is 0.497. The number of anilines is 1. The number of nitrogens with zero attached hydrogens (tertiary/aromatic N) is 6. The van der Waals surface area contributed by atoms with Gasteiger partial charge in [0, 0.05) is 32.2 Å². The van der Waals surface area contributed by atoms with Gasteiger partial charge in [0.2, 0.25) is 0 Å². The molecule has 0 unspecified atom stereocenters. The fourth-order valence-corrected chi connectivity index (χ4v) is 3.97. The van der Waals surface area contributed by atoms with Crippen LogP contribution in [0, 0.1) is 5.92 Å². The summed E-state index contributed by atoms with van der Waals surface area (Å²) in [6.07, 6.45) is 7.40. The lowest BCUT2D eigenvalue weighted by Crippen LogP contribution is -2.53. The van der Waals surface area contributed by atoms with Crippen molar-refractivity contribution in [1.29, 1.82) is 0 Å². The van der Waals surface area contributed by atoms with Gasteiger partial charge in [-0.15, -0.1) is 15.3 Å². The van der Waals surface area contributed by atoms with Crippen LogP contribution in [0.2, 0.25) is 0 Å².